The van der Waals surface area contributed by atoms with Crippen LogP contribution in [-0.2, 0) is 14.3 Å². The summed E-state index contributed by atoms with van der Waals surface area (Å²) in [6.07, 6.45) is 13.3. The summed E-state index contributed by atoms with van der Waals surface area (Å²) >= 11 is 0. The van der Waals surface area contributed by atoms with Crippen LogP contribution in [0, 0.1) is 11.8 Å². The topological polar surface area (TPSA) is 136 Å². The van der Waals surface area contributed by atoms with E-state index in [9.17, 15) is 19.2 Å². The lowest BCUT2D eigenvalue weighted by Gasteiger charge is -2.40. The van der Waals surface area contributed by atoms with Gasteiger partial charge in [0, 0.05) is 73.2 Å². The number of fused-ring (bicyclic) bond motifs is 1. The highest BCUT2D eigenvalue weighted by molar-refractivity contribution is 6.04. The zero-order valence-electron chi connectivity index (χ0n) is 36.9. The zero-order chi connectivity index (χ0) is 43.5. The van der Waals surface area contributed by atoms with Gasteiger partial charge in [0.05, 0.1) is 13.2 Å². The Morgan fingerprint density at radius 3 is 2.03 bits per heavy atom. The average molecular weight is 840 g/mol. The first-order valence-electron chi connectivity index (χ1n) is 22.7. The Balaban J connectivity index is 0.887. The van der Waals surface area contributed by atoms with Crippen LogP contribution in [0.25, 0.3) is 33.0 Å². The number of amides is 5. The van der Waals surface area contributed by atoms with Crippen LogP contribution in [0.1, 0.15) is 109 Å². The molecule has 8 rings (SSSR count). The van der Waals surface area contributed by atoms with E-state index in [0.29, 0.717) is 19.4 Å². The van der Waals surface area contributed by atoms with Gasteiger partial charge in [0.1, 0.15) is 6.54 Å². The fourth-order valence-corrected chi connectivity index (χ4v) is 9.57. The molecule has 3 aromatic carbocycles. The molecule has 5 aliphatic rings. The van der Waals surface area contributed by atoms with Gasteiger partial charge in [0.25, 0.3) is 0 Å². The van der Waals surface area contributed by atoms with Crippen LogP contribution in [0.4, 0.5) is 9.59 Å². The van der Waals surface area contributed by atoms with Crippen molar-refractivity contribution in [2.75, 3.05) is 20.2 Å². The highest BCUT2D eigenvalue weighted by Gasteiger charge is 2.39. The molecule has 3 aliphatic heterocycles. The molecule has 3 fully saturated rings. The fourth-order valence-electron chi connectivity index (χ4n) is 9.57. The van der Waals surface area contributed by atoms with E-state index >= 15 is 0 Å². The molecular weight excluding hydrogens is 779 g/mol. The fraction of sp³-hybridized carbons (Fsp3) is 0.480. The standard InChI is InChI=1S/C50H61N7O5/c1-31(2)56(30-47(58)53-41-21-22-41)50(61)55-23-9-8-12-46(55)45-27-39(28-52-45)34-15-13-33(14-16-34)35-17-18-37-25-38(20-19-36(37)24-35)40-26-44(51-29-40)42-10-6-7-11-43(42)48(59)57(32(3)4)54-49(60)62-5/h13-20,24-25,28-29,31-32,41-43,46H,6-12,21-23,26-27,30H2,1-5H3,(H,53,58)(H,54,60)/t42?,43-,46?/m1/s1. The number of likely N-dealkylation sites (tertiary alicyclic amines) is 1. The number of urea groups is 1. The quantitative estimate of drug-likeness (QED) is 0.186. The zero-order valence-corrected chi connectivity index (χ0v) is 36.9. The van der Waals surface area contributed by atoms with E-state index in [1.807, 2.05) is 45.0 Å². The average Bonchev–Trinajstić information content (AvgIpc) is 3.72. The molecule has 2 unspecified atom stereocenters. The van der Waals surface area contributed by atoms with Gasteiger partial charge in [-0.1, -0.05) is 61.4 Å². The maximum Gasteiger partial charge on any atom is 0.425 e. The van der Waals surface area contributed by atoms with Crippen LogP contribution < -0.4 is 10.7 Å². The SMILES string of the molecule is COC(=O)NN(C(=O)[C@@H]1CCCCC1C1=NC=C(c2ccc3cc(-c4ccc(C5=CN=C(C6CCCCN6C(=O)N(CC(=O)NC6CC6)C(C)C)C5)cc4)ccc3c2)C1)C(C)C. The van der Waals surface area contributed by atoms with Gasteiger partial charge in [0.2, 0.25) is 11.8 Å². The predicted molar refractivity (Wildman–Crippen MR) is 245 cm³/mol. The van der Waals surface area contributed by atoms with Crippen molar-refractivity contribution in [1.29, 1.82) is 0 Å². The van der Waals surface area contributed by atoms with E-state index in [-0.39, 0.29) is 60.4 Å². The number of carbonyl (C=O) groups excluding carboxylic acids is 4. The van der Waals surface area contributed by atoms with Crippen LogP contribution in [0.15, 0.2) is 83.0 Å². The summed E-state index contributed by atoms with van der Waals surface area (Å²) in [4.78, 5) is 66.0. The molecule has 3 heterocycles. The second-order valence-corrected chi connectivity index (χ2v) is 18.2. The summed E-state index contributed by atoms with van der Waals surface area (Å²) in [5.74, 6) is -0.387. The molecule has 3 aromatic rings. The molecule has 0 spiro atoms. The second kappa shape index (κ2) is 18.7. The third-order valence-electron chi connectivity index (χ3n) is 13.2. The van der Waals surface area contributed by atoms with E-state index in [2.05, 4.69) is 71.4 Å². The predicted octanol–water partition coefficient (Wildman–Crippen LogP) is 9.16. The minimum atomic E-state index is -0.647. The van der Waals surface area contributed by atoms with Gasteiger partial charge in [-0.05, 0) is 129 Å². The molecule has 3 atom stereocenters. The van der Waals surface area contributed by atoms with Crippen molar-refractivity contribution in [1.82, 2.24) is 25.6 Å². The molecule has 5 amide bonds. The molecule has 12 nitrogen and oxygen atoms in total. The molecule has 2 N–H and O–H groups in total. The Labute approximate surface area is 365 Å². The van der Waals surface area contributed by atoms with Gasteiger partial charge < -0.3 is 19.9 Å². The number of piperidine rings is 1. The van der Waals surface area contributed by atoms with Crippen LogP contribution in [0.2, 0.25) is 0 Å². The number of hydrazine groups is 1. The van der Waals surface area contributed by atoms with Crippen molar-refractivity contribution >= 4 is 57.3 Å². The lowest BCUT2D eigenvalue weighted by molar-refractivity contribution is -0.142. The number of hydrogen-bond acceptors (Lipinski definition) is 7. The number of aliphatic imine (C=N–C) groups is 2. The van der Waals surface area contributed by atoms with Crippen molar-refractivity contribution in [3.63, 3.8) is 0 Å². The molecule has 0 bridgehead atoms. The number of nitrogens with zero attached hydrogens (tertiary/aromatic N) is 5. The van der Waals surface area contributed by atoms with Crippen molar-refractivity contribution in [2.24, 2.45) is 21.8 Å². The van der Waals surface area contributed by atoms with Crippen molar-refractivity contribution in [3.8, 4) is 11.1 Å². The molecule has 1 saturated heterocycles. The van der Waals surface area contributed by atoms with Crippen LogP contribution >= 0.6 is 0 Å². The Hall–Kier alpha value is -5.78. The minimum Gasteiger partial charge on any atom is -0.452 e. The third-order valence-corrected chi connectivity index (χ3v) is 13.2. The van der Waals surface area contributed by atoms with Crippen LogP contribution in [-0.4, -0.2) is 94.5 Å². The van der Waals surface area contributed by atoms with E-state index in [4.69, 9.17) is 14.7 Å². The number of benzene rings is 3. The molecule has 326 valence electrons. The van der Waals surface area contributed by atoms with Crippen molar-refractivity contribution in [2.45, 2.75) is 122 Å². The first-order chi connectivity index (χ1) is 30.0. The van der Waals surface area contributed by atoms with Gasteiger partial charge >= 0.3 is 12.1 Å². The largest absolute Gasteiger partial charge is 0.452 e. The van der Waals surface area contributed by atoms with Gasteiger partial charge in [-0.3, -0.25) is 19.6 Å². The number of methoxy groups -OCH3 is 1. The van der Waals surface area contributed by atoms with Crippen LogP contribution in [0.3, 0.4) is 0 Å². The van der Waals surface area contributed by atoms with E-state index < -0.39 is 6.09 Å². The van der Waals surface area contributed by atoms with E-state index in [0.717, 1.165) is 113 Å². The molecular formula is C50H61N7O5. The van der Waals surface area contributed by atoms with Gasteiger partial charge in [-0.25, -0.2) is 20.0 Å². The maximum atomic E-state index is 14.0. The Morgan fingerprint density at radius 2 is 1.34 bits per heavy atom. The van der Waals surface area contributed by atoms with E-state index in [1.54, 1.807) is 4.90 Å². The highest BCUT2D eigenvalue weighted by atomic mass is 16.5. The second-order valence-electron chi connectivity index (χ2n) is 18.2. The van der Waals surface area contributed by atoms with Gasteiger partial charge in [0.15, 0.2) is 0 Å². The summed E-state index contributed by atoms with van der Waals surface area (Å²) in [5.41, 5.74) is 11.5. The van der Waals surface area contributed by atoms with E-state index in [1.165, 1.54) is 12.1 Å². The number of hydrogen-bond donors (Lipinski definition) is 2. The summed E-state index contributed by atoms with van der Waals surface area (Å²) in [6.45, 7) is 8.47. The summed E-state index contributed by atoms with van der Waals surface area (Å²) in [7, 11) is 1.30. The lowest BCUT2D eigenvalue weighted by Crippen LogP contribution is -2.56. The molecule has 2 saturated carbocycles. The molecule has 0 radical (unpaired) electrons. The maximum absolute atomic E-state index is 14.0. The lowest BCUT2D eigenvalue weighted by atomic mass is 9.74. The first kappa shape index (κ1) is 42.9. The highest BCUT2D eigenvalue weighted by Crippen LogP contribution is 2.39. The summed E-state index contributed by atoms with van der Waals surface area (Å²) in [6, 6.07) is 21.7. The van der Waals surface area contributed by atoms with Gasteiger partial charge in [-0.15, -0.1) is 0 Å². The number of ether oxygens (including phenoxy) is 1. The Bertz CT molecular complexity index is 2320. The summed E-state index contributed by atoms with van der Waals surface area (Å²) in [5, 5.41) is 6.76. The summed E-state index contributed by atoms with van der Waals surface area (Å²) < 4.78 is 4.79. The third kappa shape index (κ3) is 9.49. The number of nitrogens with one attached hydrogen (secondary N) is 2. The number of allylic oxidation sites excluding steroid dienone is 2. The molecule has 0 aromatic heterocycles. The monoisotopic (exact) mass is 839 g/mol. The van der Waals surface area contributed by atoms with Gasteiger partial charge in [-0.2, -0.15) is 0 Å². The number of rotatable bonds is 11. The molecule has 62 heavy (non-hydrogen) atoms. The first-order valence-corrected chi connectivity index (χ1v) is 22.7. The number of carbonyl (C=O) groups is 4. The Morgan fingerprint density at radius 1 is 0.726 bits per heavy atom. The minimum absolute atomic E-state index is 0.0245. The van der Waals surface area contributed by atoms with Crippen molar-refractivity contribution in [3.05, 3.63) is 84.2 Å². The molecule has 12 heteroatoms. The molecule has 2 aliphatic carbocycles. The Kier molecular flexibility index (Phi) is 12.9. The smallest absolute Gasteiger partial charge is 0.425 e. The van der Waals surface area contributed by atoms with Crippen LogP contribution in [0.5, 0.6) is 0 Å². The van der Waals surface area contributed by atoms with Crippen molar-refractivity contribution < 1.29 is 23.9 Å². The normalized spacial score (nSPS) is 21.3.